The maximum atomic E-state index is 12.6. The fourth-order valence-corrected chi connectivity index (χ4v) is 3.46. The van der Waals surface area contributed by atoms with E-state index in [-0.39, 0.29) is 17.6 Å². The third-order valence-electron chi connectivity index (χ3n) is 3.93. The number of aryl methyl sites for hydroxylation is 1. The number of hydrogen-bond donors (Lipinski definition) is 2. The summed E-state index contributed by atoms with van der Waals surface area (Å²) in [6, 6.07) is 21.8. The molecule has 0 bridgehead atoms. The second-order valence-corrected chi connectivity index (χ2v) is 7.61. The quantitative estimate of drug-likeness (QED) is 0.517. The highest BCUT2D eigenvalue weighted by atomic mass is 35.5. The SMILES string of the molecule is Cc1ccc(NC(=O)CSc2ccccc2C(=O)Nc2ccc(Cl)cc2)cc1. The van der Waals surface area contributed by atoms with E-state index in [1.807, 2.05) is 43.3 Å². The van der Waals surface area contributed by atoms with Crippen LogP contribution in [-0.4, -0.2) is 17.6 Å². The van der Waals surface area contributed by atoms with Crippen molar-refractivity contribution < 1.29 is 9.59 Å². The lowest BCUT2D eigenvalue weighted by molar-refractivity contribution is -0.113. The number of thioether (sulfide) groups is 1. The number of anilines is 2. The van der Waals surface area contributed by atoms with E-state index in [0.29, 0.717) is 16.3 Å². The van der Waals surface area contributed by atoms with Crippen LogP contribution in [0.15, 0.2) is 77.7 Å². The average Bonchev–Trinajstić information content (AvgIpc) is 2.70. The fourth-order valence-electron chi connectivity index (χ4n) is 2.49. The van der Waals surface area contributed by atoms with E-state index in [0.717, 1.165) is 16.1 Å². The van der Waals surface area contributed by atoms with Crippen LogP contribution in [0.5, 0.6) is 0 Å². The Morgan fingerprint density at radius 3 is 2.18 bits per heavy atom. The lowest BCUT2D eigenvalue weighted by atomic mass is 10.2. The lowest BCUT2D eigenvalue weighted by Crippen LogP contribution is -2.15. The summed E-state index contributed by atoms with van der Waals surface area (Å²) in [7, 11) is 0. The Morgan fingerprint density at radius 2 is 1.46 bits per heavy atom. The summed E-state index contributed by atoms with van der Waals surface area (Å²) < 4.78 is 0. The van der Waals surface area contributed by atoms with E-state index in [4.69, 9.17) is 11.6 Å². The van der Waals surface area contributed by atoms with Crippen LogP contribution in [0.3, 0.4) is 0 Å². The van der Waals surface area contributed by atoms with Crippen LogP contribution in [0.4, 0.5) is 11.4 Å². The highest BCUT2D eigenvalue weighted by Crippen LogP contribution is 2.24. The number of halogens is 1. The first kappa shape index (κ1) is 20.0. The molecule has 0 fully saturated rings. The minimum absolute atomic E-state index is 0.123. The molecule has 3 aromatic carbocycles. The predicted octanol–water partition coefficient (Wildman–Crippen LogP) is 5.63. The zero-order chi connectivity index (χ0) is 19.9. The van der Waals surface area contributed by atoms with Gasteiger partial charge in [0, 0.05) is 21.3 Å². The van der Waals surface area contributed by atoms with Crippen molar-refractivity contribution in [2.45, 2.75) is 11.8 Å². The van der Waals surface area contributed by atoms with Crippen LogP contribution >= 0.6 is 23.4 Å². The number of nitrogens with one attached hydrogen (secondary N) is 2. The molecule has 0 aliphatic carbocycles. The first-order chi connectivity index (χ1) is 13.5. The standard InChI is InChI=1S/C22H19ClN2O2S/c1-15-6-10-17(11-7-15)24-21(26)14-28-20-5-3-2-4-19(20)22(27)25-18-12-8-16(23)9-13-18/h2-13H,14H2,1H3,(H,24,26)(H,25,27). The Balaban J connectivity index is 1.63. The topological polar surface area (TPSA) is 58.2 Å². The summed E-state index contributed by atoms with van der Waals surface area (Å²) in [6.07, 6.45) is 0. The molecule has 6 heteroatoms. The molecule has 0 saturated heterocycles. The molecule has 0 atom stereocenters. The third-order valence-corrected chi connectivity index (χ3v) is 5.25. The molecular weight excluding hydrogens is 392 g/mol. The van der Waals surface area contributed by atoms with Gasteiger partial charge in [0.1, 0.15) is 0 Å². The lowest BCUT2D eigenvalue weighted by Gasteiger charge is -2.10. The van der Waals surface area contributed by atoms with E-state index in [9.17, 15) is 9.59 Å². The van der Waals surface area contributed by atoms with Gasteiger partial charge in [-0.15, -0.1) is 11.8 Å². The van der Waals surface area contributed by atoms with Crippen molar-refractivity contribution in [2.24, 2.45) is 0 Å². The predicted molar refractivity (Wildman–Crippen MR) is 116 cm³/mol. The fraction of sp³-hybridized carbons (Fsp3) is 0.0909. The van der Waals surface area contributed by atoms with Gasteiger partial charge in [0.15, 0.2) is 0 Å². The number of rotatable bonds is 6. The molecule has 0 aliphatic rings. The van der Waals surface area contributed by atoms with E-state index < -0.39 is 0 Å². The molecule has 0 unspecified atom stereocenters. The van der Waals surface area contributed by atoms with Gasteiger partial charge in [-0.25, -0.2) is 0 Å². The van der Waals surface area contributed by atoms with Gasteiger partial charge in [-0.05, 0) is 55.5 Å². The van der Waals surface area contributed by atoms with Crippen molar-refractivity contribution in [3.63, 3.8) is 0 Å². The van der Waals surface area contributed by atoms with Crippen molar-refractivity contribution in [1.29, 1.82) is 0 Å². The number of carbonyl (C=O) groups is 2. The van der Waals surface area contributed by atoms with Gasteiger partial charge in [0.05, 0.1) is 11.3 Å². The molecule has 0 aliphatic heterocycles. The molecule has 142 valence electrons. The molecule has 3 rings (SSSR count). The monoisotopic (exact) mass is 410 g/mol. The number of benzene rings is 3. The van der Waals surface area contributed by atoms with Crippen molar-refractivity contribution >= 4 is 46.6 Å². The van der Waals surface area contributed by atoms with Crippen LogP contribution < -0.4 is 10.6 Å². The van der Waals surface area contributed by atoms with E-state index in [1.54, 1.807) is 36.4 Å². The van der Waals surface area contributed by atoms with Gasteiger partial charge in [-0.1, -0.05) is 41.4 Å². The molecule has 0 radical (unpaired) electrons. The Kier molecular flexibility index (Phi) is 6.74. The second kappa shape index (κ2) is 9.44. The average molecular weight is 411 g/mol. The molecule has 0 heterocycles. The summed E-state index contributed by atoms with van der Waals surface area (Å²) in [6.45, 7) is 1.99. The minimum atomic E-state index is -0.232. The normalized spacial score (nSPS) is 10.4. The van der Waals surface area contributed by atoms with Crippen LogP contribution in [0.25, 0.3) is 0 Å². The Labute approximate surface area is 173 Å². The highest BCUT2D eigenvalue weighted by Gasteiger charge is 2.13. The summed E-state index contributed by atoms with van der Waals surface area (Å²) in [5.41, 5.74) is 3.06. The van der Waals surface area contributed by atoms with Crippen LogP contribution in [0, 0.1) is 6.92 Å². The molecule has 0 saturated carbocycles. The van der Waals surface area contributed by atoms with Crippen molar-refractivity contribution in [3.05, 3.63) is 88.9 Å². The molecule has 4 nitrogen and oxygen atoms in total. The van der Waals surface area contributed by atoms with Crippen molar-refractivity contribution in [3.8, 4) is 0 Å². The van der Waals surface area contributed by atoms with Gasteiger partial charge in [0.2, 0.25) is 5.91 Å². The van der Waals surface area contributed by atoms with Crippen LogP contribution in [0.2, 0.25) is 5.02 Å². The Morgan fingerprint density at radius 1 is 0.857 bits per heavy atom. The van der Waals surface area contributed by atoms with Crippen LogP contribution in [0.1, 0.15) is 15.9 Å². The summed E-state index contributed by atoms with van der Waals surface area (Å²) in [5, 5.41) is 6.31. The summed E-state index contributed by atoms with van der Waals surface area (Å²) >= 11 is 7.20. The molecular formula is C22H19ClN2O2S. The molecule has 2 N–H and O–H groups in total. The third kappa shape index (κ3) is 5.62. The maximum Gasteiger partial charge on any atom is 0.256 e. The zero-order valence-electron chi connectivity index (χ0n) is 15.2. The Hall–Kier alpha value is -2.76. The molecule has 0 aromatic heterocycles. The van der Waals surface area contributed by atoms with Gasteiger partial charge >= 0.3 is 0 Å². The van der Waals surface area contributed by atoms with Gasteiger partial charge in [0.25, 0.3) is 5.91 Å². The number of carbonyl (C=O) groups excluding carboxylic acids is 2. The van der Waals surface area contributed by atoms with E-state index >= 15 is 0 Å². The van der Waals surface area contributed by atoms with Gasteiger partial charge in [-0.2, -0.15) is 0 Å². The number of amides is 2. The molecule has 28 heavy (non-hydrogen) atoms. The van der Waals surface area contributed by atoms with Crippen molar-refractivity contribution in [1.82, 2.24) is 0 Å². The van der Waals surface area contributed by atoms with Crippen LogP contribution in [-0.2, 0) is 4.79 Å². The maximum absolute atomic E-state index is 12.6. The zero-order valence-corrected chi connectivity index (χ0v) is 16.8. The highest BCUT2D eigenvalue weighted by molar-refractivity contribution is 8.00. The van der Waals surface area contributed by atoms with Gasteiger partial charge in [-0.3, -0.25) is 9.59 Å². The largest absolute Gasteiger partial charge is 0.325 e. The Bertz CT molecular complexity index is 973. The first-order valence-corrected chi connectivity index (χ1v) is 10.0. The second-order valence-electron chi connectivity index (χ2n) is 6.16. The molecule has 3 aromatic rings. The smallest absolute Gasteiger partial charge is 0.256 e. The van der Waals surface area contributed by atoms with E-state index in [2.05, 4.69) is 10.6 Å². The summed E-state index contributed by atoms with van der Waals surface area (Å²) in [4.78, 5) is 25.6. The first-order valence-electron chi connectivity index (χ1n) is 8.66. The molecule has 2 amide bonds. The minimum Gasteiger partial charge on any atom is -0.325 e. The van der Waals surface area contributed by atoms with Gasteiger partial charge < -0.3 is 10.6 Å². The number of hydrogen-bond acceptors (Lipinski definition) is 3. The summed E-state index contributed by atoms with van der Waals surface area (Å²) in [5.74, 6) is -0.148. The van der Waals surface area contributed by atoms with Crippen molar-refractivity contribution in [2.75, 3.05) is 16.4 Å². The molecule has 0 spiro atoms. The van der Waals surface area contributed by atoms with E-state index in [1.165, 1.54) is 11.8 Å².